The van der Waals surface area contributed by atoms with Crippen molar-refractivity contribution in [2.24, 2.45) is 5.41 Å². The molecule has 1 fully saturated rings. The van der Waals surface area contributed by atoms with Crippen LogP contribution in [0.15, 0.2) is 24.3 Å². The van der Waals surface area contributed by atoms with Crippen LogP contribution in [0.2, 0.25) is 0 Å². The van der Waals surface area contributed by atoms with Crippen molar-refractivity contribution < 1.29 is 5.11 Å². The third kappa shape index (κ3) is 3.10. The van der Waals surface area contributed by atoms with Crippen LogP contribution in [-0.2, 0) is 0 Å². The van der Waals surface area contributed by atoms with Crippen LogP contribution >= 0.6 is 0 Å². The second-order valence-electron chi connectivity index (χ2n) is 5.54. The zero-order valence-electron chi connectivity index (χ0n) is 10.8. The highest BCUT2D eigenvalue weighted by Gasteiger charge is 2.31. The molecule has 2 N–H and O–H groups in total. The van der Waals surface area contributed by atoms with Gasteiger partial charge in [-0.1, -0.05) is 25.5 Å². The first kappa shape index (κ1) is 13.1. The van der Waals surface area contributed by atoms with Gasteiger partial charge in [0, 0.05) is 13.1 Å². The van der Waals surface area contributed by atoms with Gasteiger partial charge in [0.1, 0.15) is 0 Å². The Balaban J connectivity index is 1.80. The van der Waals surface area contributed by atoms with E-state index in [0.717, 1.165) is 12.1 Å². The summed E-state index contributed by atoms with van der Waals surface area (Å²) in [5.41, 5.74) is 1.92. The largest absolute Gasteiger partial charge is 0.387 e. The van der Waals surface area contributed by atoms with Gasteiger partial charge in [-0.15, -0.1) is 0 Å². The Morgan fingerprint density at radius 2 is 2.06 bits per heavy atom. The van der Waals surface area contributed by atoms with Crippen LogP contribution in [0.4, 0.5) is 0 Å². The van der Waals surface area contributed by atoms with E-state index in [9.17, 15) is 5.11 Å². The maximum atomic E-state index is 10.0. The van der Waals surface area contributed by atoms with Gasteiger partial charge in [-0.05, 0) is 36.0 Å². The summed E-state index contributed by atoms with van der Waals surface area (Å²) < 4.78 is 0. The van der Waals surface area contributed by atoms with E-state index in [4.69, 9.17) is 5.26 Å². The quantitative estimate of drug-likeness (QED) is 0.836. The van der Waals surface area contributed by atoms with Gasteiger partial charge in [0.25, 0.3) is 0 Å². The molecule has 96 valence electrons. The highest BCUT2D eigenvalue weighted by atomic mass is 16.3. The van der Waals surface area contributed by atoms with E-state index in [1.807, 2.05) is 12.1 Å². The van der Waals surface area contributed by atoms with Crippen LogP contribution in [0, 0.1) is 16.7 Å². The summed E-state index contributed by atoms with van der Waals surface area (Å²) in [4.78, 5) is 0. The molecule has 0 amide bonds. The van der Waals surface area contributed by atoms with Crippen molar-refractivity contribution in [1.82, 2.24) is 5.32 Å². The molecule has 2 rings (SSSR count). The molecule has 3 nitrogen and oxygen atoms in total. The van der Waals surface area contributed by atoms with Crippen molar-refractivity contribution in [3.05, 3.63) is 35.4 Å². The molecular formula is C15H20N2O. The molecule has 1 atom stereocenters. The Kier molecular flexibility index (Phi) is 4.00. The standard InChI is InChI=1S/C15H20N2O/c1-15(7-2-8-15)11-17-10-14(18)13-5-3-12(9-16)4-6-13/h3-6,14,17-18H,2,7-8,10-11H2,1H3. The van der Waals surface area contributed by atoms with Crippen LogP contribution in [0.3, 0.4) is 0 Å². The van der Waals surface area contributed by atoms with Crippen molar-refractivity contribution in [2.45, 2.75) is 32.3 Å². The first-order valence-electron chi connectivity index (χ1n) is 6.52. The molecule has 0 radical (unpaired) electrons. The van der Waals surface area contributed by atoms with E-state index in [1.54, 1.807) is 12.1 Å². The minimum absolute atomic E-state index is 0.435. The fourth-order valence-corrected chi connectivity index (χ4v) is 2.37. The highest BCUT2D eigenvalue weighted by Crippen LogP contribution is 2.39. The van der Waals surface area contributed by atoms with Crippen molar-refractivity contribution in [3.63, 3.8) is 0 Å². The van der Waals surface area contributed by atoms with Crippen molar-refractivity contribution >= 4 is 0 Å². The summed E-state index contributed by atoms with van der Waals surface area (Å²) in [6.45, 7) is 3.83. The Bertz CT molecular complexity index is 429. The molecule has 0 heterocycles. The second-order valence-corrected chi connectivity index (χ2v) is 5.54. The first-order chi connectivity index (χ1) is 8.63. The summed E-state index contributed by atoms with van der Waals surface area (Å²) in [6, 6.07) is 9.19. The average molecular weight is 244 g/mol. The molecule has 1 aliphatic rings. The molecule has 0 aromatic heterocycles. The number of benzene rings is 1. The van der Waals surface area contributed by atoms with E-state index in [2.05, 4.69) is 18.3 Å². The maximum absolute atomic E-state index is 10.0. The van der Waals surface area contributed by atoms with Gasteiger partial charge < -0.3 is 10.4 Å². The molecule has 18 heavy (non-hydrogen) atoms. The molecule has 1 aromatic carbocycles. The van der Waals surface area contributed by atoms with E-state index in [-0.39, 0.29) is 0 Å². The maximum Gasteiger partial charge on any atom is 0.0991 e. The molecule has 0 saturated heterocycles. The van der Waals surface area contributed by atoms with Gasteiger partial charge in [-0.2, -0.15) is 5.26 Å². The number of rotatable bonds is 5. The normalized spacial score (nSPS) is 18.7. The Labute approximate surface area is 108 Å². The molecule has 3 heteroatoms. The van der Waals surface area contributed by atoms with Crippen LogP contribution in [0.25, 0.3) is 0 Å². The third-order valence-electron chi connectivity index (χ3n) is 3.87. The van der Waals surface area contributed by atoms with Gasteiger partial charge in [0.05, 0.1) is 17.7 Å². The lowest BCUT2D eigenvalue weighted by molar-refractivity contribution is 0.133. The summed E-state index contributed by atoms with van der Waals surface area (Å²) >= 11 is 0. The summed E-state index contributed by atoms with van der Waals surface area (Å²) in [7, 11) is 0. The van der Waals surface area contributed by atoms with Crippen molar-refractivity contribution in [2.75, 3.05) is 13.1 Å². The predicted molar refractivity (Wildman–Crippen MR) is 70.9 cm³/mol. The summed E-state index contributed by atoms with van der Waals surface area (Å²) in [5, 5.41) is 22.1. The number of hydrogen-bond acceptors (Lipinski definition) is 3. The van der Waals surface area contributed by atoms with Gasteiger partial charge in [-0.25, -0.2) is 0 Å². The van der Waals surface area contributed by atoms with Crippen LogP contribution in [0.1, 0.15) is 43.4 Å². The molecule has 1 saturated carbocycles. The van der Waals surface area contributed by atoms with Gasteiger partial charge in [-0.3, -0.25) is 0 Å². The molecule has 1 aliphatic carbocycles. The molecular weight excluding hydrogens is 224 g/mol. The van der Waals surface area contributed by atoms with Crippen LogP contribution in [0.5, 0.6) is 0 Å². The minimum Gasteiger partial charge on any atom is -0.387 e. The Morgan fingerprint density at radius 3 is 2.56 bits per heavy atom. The number of hydrogen-bond donors (Lipinski definition) is 2. The van der Waals surface area contributed by atoms with Crippen molar-refractivity contribution in [3.8, 4) is 6.07 Å². The number of nitrogens with zero attached hydrogens (tertiary/aromatic N) is 1. The number of aliphatic hydroxyl groups excluding tert-OH is 1. The fourth-order valence-electron chi connectivity index (χ4n) is 2.37. The number of nitrogens with one attached hydrogen (secondary N) is 1. The lowest BCUT2D eigenvalue weighted by atomic mass is 9.70. The monoisotopic (exact) mass is 244 g/mol. The molecule has 1 unspecified atom stereocenters. The first-order valence-corrected chi connectivity index (χ1v) is 6.52. The Morgan fingerprint density at radius 1 is 1.39 bits per heavy atom. The van der Waals surface area contributed by atoms with Gasteiger partial charge in [0.2, 0.25) is 0 Å². The minimum atomic E-state index is -0.499. The zero-order chi connectivity index (χ0) is 13.0. The summed E-state index contributed by atoms with van der Waals surface area (Å²) in [6.07, 6.45) is 3.40. The van der Waals surface area contributed by atoms with Crippen LogP contribution in [-0.4, -0.2) is 18.2 Å². The second kappa shape index (κ2) is 5.51. The molecule has 0 spiro atoms. The smallest absolute Gasteiger partial charge is 0.0991 e. The third-order valence-corrected chi connectivity index (χ3v) is 3.87. The zero-order valence-corrected chi connectivity index (χ0v) is 10.8. The lowest BCUT2D eigenvalue weighted by Gasteiger charge is -2.38. The fraction of sp³-hybridized carbons (Fsp3) is 0.533. The molecule has 0 bridgehead atoms. The molecule has 0 aliphatic heterocycles. The Hall–Kier alpha value is -1.37. The van der Waals surface area contributed by atoms with E-state index in [0.29, 0.717) is 17.5 Å². The topological polar surface area (TPSA) is 56.0 Å². The summed E-state index contributed by atoms with van der Waals surface area (Å²) in [5.74, 6) is 0. The highest BCUT2D eigenvalue weighted by molar-refractivity contribution is 5.32. The molecule has 1 aromatic rings. The van der Waals surface area contributed by atoms with E-state index in [1.165, 1.54) is 19.3 Å². The number of nitriles is 1. The van der Waals surface area contributed by atoms with Gasteiger partial charge >= 0.3 is 0 Å². The van der Waals surface area contributed by atoms with E-state index >= 15 is 0 Å². The van der Waals surface area contributed by atoms with E-state index < -0.39 is 6.10 Å². The lowest BCUT2D eigenvalue weighted by Crippen LogP contribution is -2.38. The van der Waals surface area contributed by atoms with Gasteiger partial charge in [0.15, 0.2) is 0 Å². The SMILES string of the molecule is CC1(CNCC(O)c2ccc(C#N)cc2)CCC1. The van der Waals surface area contributed by atoms with Crippen LogP contribution < -0.4 is 5.32 Å². The predicted octanol–water partition coefficient (Wildman–Crippen LogP) is 2.37. The average Bonchev–Trinajstić information content (AvgIpc) is 2.36. The number of aliphatic hydroxyl groups is 1. The van der Waals surface area contributed by atoms with Crippen molar-refractivity contribution in [1.29, 1.82) is 5.26 Å².